The predicted octanol–water partition coefficient (Wildman–Crippen LogP) is 3.81. The summed E-state index contributed by atoms with van der Waals surface area (Å²) < 4.78 is 6.13. The molecule has 1 fully saturated rings. The maximum absolute atomic E-state index is 6.13. The van der Waals surface area contributed by atoms with Crippen LogP contribution in [0.5, 0.6) is 0 Å². The SMILES string of the molecule is c1cncc(CO[C@H]2CCCN(Cc3cccc4cnccc34)C2)c1. The van der Waals surface area contributed by atoms with E-state index >= 15 is 0 Å². The number of hydrogen-bond acceptors (Lipinski definition) is 4. The van der Waals surface area contributed by atoms with Crippen LogP contribution in [0, 0.1) is 0 Å². The first-order valence-corrected chi connectivity index (χ1v) is 8.93. The van der Waals surface area contributed by atoms with Gasteiger partial charge in [-0.2, -0.15) is 0 Å². The molecule has 0 bridgehead atoms. The van der Waals surface area contributed by atoms with Gasteiger partial charge in [0.25, 0.3) is 0 Å². The van der Waals surface area contributed by atoms with Crippen LogP contribution in [0.4, 0.5) is 0 Å². The molecule has 2 aromatic heterocycles. The largest absolute Gasteiger partial charge is 0.372 e. The molecule has 0 spiro atoms. The highest BCUT2D eigenvalue weighted by atomic mass is 16.5. The van der Waals surface area contributed by atoms with Crippen molar-refractivity contribution in [3.05, 3.63) is 72.3 Å². The standard InChI is InChI=1S/C21H23N3O/c1-5-18-13-23-10-8-21(18)19(6-1)14-24-11-3-7-20(15-24)25-16-17-4-2-9-22-12-17/h1-2,4-6,8-10,12-13,20H,3,7,11,14-16H2/t20-/m0/s1. The van der Waals surface area contributed by atoms with Crippen LogP contribution < -0.4 is 0 Å². The van der Waals surface area contributed by atoms with Gasteiger partial charge < -0.3 is 4.74 Å². The molecule has 0 saturated carbocycles. The number of ether oxygens (including phenoxy) is 1. The molecule has 0 radical (unpaired) electrons. The van der Waals surface area contributed by atoms with Crippen molar-refractivity contribution in [2.45, 2.75) is 32.1 Å². The second-order valence-electron chi connectivity index (χ2n) is 6.69. The second kappa shape index (κ2) is 7.72. The van der Waals surface area contributed by atoms with E-state index < -0.39 is 0 Å². The molecule has 4 nitrogen and oxygen atoms in total. The average molecular weight is 333 g/mol. The second-order valence-corrected chi connectivity index (χ2v) is 6.69. The lowest BCUT2D eigenvalue weighted by Crippen LogP contribution is -2.39. The molecule has 128 valence electrons. The fourth-order valence-corrected chi connectivity index (χ4v) is 3.56. The highest BCUT2D eigenvalue weighted by Crippen LogP contribution is 2.22. The molecule has 1 atom stereocenters. The van der Waals surface area contributed by atoms with Gasteiger partial charge in [-0.25, -0.2) is 0 Å². The Labute approximate surface area is 148 Å². The third-order valence-electron chi connectivity index (χ3n) is 4.84. The van der Waals surface area contributed by atoms with Crippen LogP contribution in [0.2, 0.25) is 0 Å². The summed E-state index contributed by atoms with van der Waals surface area (Å²) in [5.41, 5.74) is 2.51. The molecule has 4 heteroatoms. The first kappa shape index (κ1) is 16.2. The van der Waals surface area contributed by atoms with Gasteiger partial charge in [-0.3, -0.25) is 14.9 Å². The van der Waals surface area contributed by atoms with Crippen molar-refractivity contribution in [1.29, 1.82) is 0 Å². The molecule has 4 rings (SSSR count). The van der Waals surface area contributed by atoms with Crippen LogP contribution in [0.15, 0.2) is 61.2 Å². The zero-order valence-electron chi connectivity index (χ0n) is 14.3. The van der Waals surface area contributed by atoms with Crippen molar-refractivity contribution in [3.8, 4) is 0 Å². The Morgan fingerprint density at radius 1 is 1.04 bits per heavy atom. The lowest BCUT2D eigenvalue weighted by molar-refractivity contribution is -0.0120. The Morgan fingerprint density at radius 3 is 2.92 bits per heavy atom. The number of fused-ring (bicyclic) bond motifs is 1. The minimum absolute atomic E-state index is 0.297. The molecule has 0 aliphatic carbocycles. The van der Waals surface area contributed by atoms with Gasteiger partial charge in [-0.15, -0.1) is 0 Å². The normalized spacial score (nSPS) is 18.5. The quantitative estimate of drug-likeness (QED) is 0.712. The van der Waals surface area contributed by atoms with Gasteiger partial charge >= 0.3 is 0 Å². The summed E-state index contributed by atoms with van der Waals surface area (Å²) in [6.07, 6.45) is 10.1. The molecular formula is C21H23N3O. The Hall–Kier alpha value is -2.30. The number of likely N-dealkylation sites (tertiary alicyclic amines) is 1. The molecule has 3 heterocycles. The fourth-order valence-electron chi connectivity index (χ4n) is 3.56. The molecule has 0 unspecified atom stereocenters. The Morgan fingerprint density at radius 2 is 2.00 bits per heavy atom. The number of rotatable bonds is 5. The molecule has 1 saturated heterocycles. The minimum Gasteiger partial charge on any atom is -0.372 e. The van der Waals surface area contributed by atoms with E-state index in [1.807, 2.05) is 24.7 Å². The summed E-state index contributed by atoms with van der Waals surface area (Å²) in [4.78, 5) is 10.9. The smallest absolute Gasteiger partial charge is 0.0736 e. The number of aromatic nitrogens is 2. The molecule has 25 heavy (non-hydrogen) atoms. The van der Waals surface area contributed by atoms with Gasteiger partial charge in [0.05, 0.1) is 12.7 Å². The first-order chi connectivity index (χ1) is 12.4. The van der Waals surface area contributed by atoms with Crippen LogP contribution in [0.25, 0.3) is 10.8 Å². The van der Waals surface area contributed by atoms with Crippen molar-refractivity contribution < 1.29 is 4.74 Å². The lowest BCUT2D eigenvalue weighted by Gasteiger charge is -2.33. The lowest BCUT2D eigenvalue weighted by atomic mass is 10.0. The van der Waals surface area contributed by atoms with Crippen molar-refractivity contribution in [3.63, 3.8) is 0 Å². The molecule has 0 amide bonds. The van der Waals surface area contributed by atoms with Gasteiger partial charge in [0.1, 0.15) is 0 Å². The predicted molar refractivity (Wildman–Crippen MR) is 99.1 cm³/mol. The Kier molecular flexibility index (Phi) is 5.00. The maximum Gasteiger partial charge on any atom is 0.0736 e. The zero-order chi connectivity index (χ0) is 16.9. The fraction of sp³-hybridized carbons (Fsp3) is 0.333. The van der Waals surface area contributed by atoms with Crippen LogP contribution in [-0.4, -0.2) is 34.1 Å². The van der Waals surface area contributed by atoms with E-state index in [9.17, 15) is 0 Å². The van der Waals surface area contributed by atoms with Gasteiger partial charge in [0.15, 0.2) is 0 Å². The highest BCUT2D eigenvalue weighted by molar-refractivity contribution is 5.84. The topological polar surface area (TPSA) is 38.2 Å². The minimum atomic E-state index is 0.297. The van der Waals surface area contributed by atoms with Crippen molar-refractivity contribution in [2.24, 2.45) is 0 Å². The van der Waals surface area contributed by atoms with Gasteiger partial charge in [0.2, 0.25) is 0 Å². The summed E-state index contributed by atoms with van der Waals surface area (Å²) in [5.74, 6) is 0. The number of nitrogens with zero attached hydrogens (tertiary/aromatic N) is 3. The Bertz CT molecular complexity index is 816. The number of benzene rings is 1. The summed E-state index contributed by atoms with van der Waals surface area (Å²) in [5, 5.41) is 2.51. The van der Waals surface area contributed by atoms with E-state index in [4.69, 9.17) is 4.74 Å². The van der Waals surface area contributed by atoms with Gasteiger partial charge in [0, 0.05) is 43.3 Å². The van der Waals surface area contributed by atoms with E-state index in [1.54, 1.807) is 6.20 Å². The Balaban J connectivity index is 1.39. The molecule has 1 aliphatic heterocycles. The van der Waals surface area contributed by atoms with Crippen molar-refractivity contribution in [1.82, 2.24) is 14.9 Å². The highest BCUT2D eigenvalue weighted by Gasteiger charge is 2.21. The van der Waals surface area contributed by atoms with Crippen molar-refractivity contribution in [2.75, 3.05) is 13.1 Å². The third-order valence-corrected chi connectivity index (χ3v) is 4.84. The van der Waals surface area contributed by atoms with Crippen LogP contribution in [0.1, 0.15) is 24.0 Å². The van der Waals surface area contributed by atoms with E-state index in [-0.39, 0.29) is 0 Å². The van der Waals surface area contributed by atoms with E-state index in [1.165, 1.54) is 22.8 Å². The van der Waals surface area contributed by atoms with Gasteiger partial charge in [-0.05, 0) is 48.0 Å². The molecular weight excluding hydrogens is 310 g/mol. The van der Waals surface area contributed by atoms with E-state index in [0.29, 0.717) is 12.7 Å². The summed E-state index contributed by atoms with van der Waals surface area (Å²) in [6, 6.07) is 12.6. The van der Waals surface area contributed by atoms with E-state index in [0.717, 1.165) is 31.6 Å². The van der Waals surface area contributed by atoms with Crippen LogP contribution >= 0.6 is 0 Å². The molecule has 0 N–H and O–H groups in total. The number of piperidine rings is 1. The summed E-state index contributed by atoms with van der Waals surface area (Å²) >= 11 is 0. The number of hydrogen-bond donors (Lipinski definition) is 0. The number of pyridine rings is 2. The molecule has 1 aliphatic rings. The average Bonchev–Trinajstić information content (AvgIpc) is 2.68. The zero-order valence-corrected chi connectivity index (χ0v) is 14.3. The first-order valence-electron chi connectivity index (χ1n) is 8.93. The van der Waals surface area contributed by atoms with Gasteiger partial charge in [-0.1, -0.05) is 24.3 Å². The summed E-state index contributed by atoms with van der Waals surface area (Å²) in [6.45, 7) is 3.73. The van der Waals surface area contributed by atoms with E-state index in [2.05, 4.69) is 45.2 Å². The maximum atomic E-state index is 6.13. The van der Waals surface area contributed by atoms with Crippen LogP contribution in [-0.2, 0) is 17.9 Å². The molecule has 1 aromatic carbocycles. The van der Waals surface area contributed by atoms with Crippen LogP contribution in [0.3, 0.4) is 0 Å². The summed E-state index contributed by atoms with van der Waals surface area (Å²) in [7, 11) is 0. The third kappa shape index (κ3) is 4.03. The monoisotopic (exact) mass is 333 g/mol. The van der Waals surface area contributed by atoms with Crippen molar-refractivity contribution >= 4 is 10.8 Å². The molecule has 3 aromatic rings.